The van der Waals surface area contributed by atoms with Crippen LogP contribution in [0, 0.1) is 0 Å². The number of benzene rings is 1. The lowest BCUT2D eigenvalue weighted by atomic mass is 9.99. The summed E-state index contributed by atoms with van der Waals surface area (Å²) in [5.41, 5.74) is 3.62. The van der Waals surface area contributed by atoms with Crippen LogP contribution in [0.25, 0.3) is 0 Å². The molecule has 1 heterocycles. The molecule has 0 fully saturated rings. The van der Waals surface area contributed by atoms with Gasteiger partial charge in [0.2, 0.25) is 11.6 Å². The molecular weight excluding hydrogens is 280 g/mol. The number of aromatic nitrogens is 1. The molecule has 5 nitrogen and oxygen atoms in total. The van der Waals surface area contributed by atoms with E-state index in [4.69, 9.17) is 4.84 Å². The first-order valence-corrected chi connectivity index (χ1v) is 6.93. The first-order valence-electron chi connectivity index (χ1n) is 6.93. The summed E-state index contributed by atoms with van der Waals surface area (Å²) in [5.74, 6) is -1.03. The Morgan fingerprint density at radius 1 is 1.05 bits per heavy atom. The molecule has 0 radical (unpaired) electrons. The second-order valence-corrected chi connectivity index (χ2v) is 4.99. The molecule has 1 aliphatic rings. The maximum atomic E-state index is 12.3. The third-order valence-electron chi connectivity index (χ3n) is 3.66. The molecule has 2 aromatic rings. The maximum absolute atomic E-state index is 12.3. The zero-order valence-electron chi connectivity index (χ0n) is 12.1. The number of hydrogen-bond acceptors (Lipinski definition) is 5. The summed E-state index contributed by atoms with van der Waals surface area (Å²) in [6, 6.07) is 8.34. The largest absolute Gasteiger partial charge is 0.399 e. The fourth-order valence-corrected chi connectivity index (χ4v) is 2.58. The molecule has 1 aromatic heterocycles. The number of oxime groups is 1. The molecule has 3 rings (SSSR count). The van der Waals surface area contributed by atoms with Crippen molar-refractivity contribution in [2.45, 2.75) is 12.8 Å². The highest BCUT2D eigenvalue weighted by Crippen LogP contribution is 2.24. The number of rotatable bonds is 4. The van der Waals surface area contributed by atoms with Gasteiger partial charge >= 0.3 is 0 Å². The highest BCUT2D eigenvalue weighted by molar-refractivity contribution is 6.49. The van der Waals surface area contributed by atoms with Crippen molar-refractivity contribution in [2.24, 2.45) is 5.16 Å². The second kappa shape index (κ2) is 5.89. The Kier molecular flexibility index (Phi) is 3.78. The SMILES string of the molecule is CO/N=C1/CCc2cc(C(=O)C(=O)c3ccncc3)ccc21. The second-order valence-electron chi connectivity index (χ2n) is 4.99. The number of carbonyl (C=O) groups excluding carboxylic acids is 2. The van der Waals surface area contributed by atoms with Crippen molar-refractivity contribution in [1.29, 1.82) is 0 Å². The molecule has 0 aliphatic heterocycles. The molecule has 0 atom stereocenters. The molecule has 0 unspecified atom stereocenters. The fourth-order valence-electron chi connectivity index (χ4n) is 2.58. The third kappa shape index (κ3) is 2.53. The molecule has 0 amide bonds. The smallest absolute Gasteiger partial charge is 0.233 e. The predicted molar refractivity (Wildman–Crippen MR) is 81.2 cm³/mol. The van der Waals surface area contributed by atoms with E-state index in [1.807, 2.05) is 6.07 Å². The minimum Gasteiger partial charge on any atom is -0.399 e. The standard InChI is InChI=1S/C17H14N2O3/c1-22-19-15-5-3-12-10-13(2-4-14(12)15)17(21)16(20)11-6-8-18-9-7-11/h2,4,6-10H,3,5H2,1H3/b19-15-. The van der Waals surface area contributed by atoms with Gasteiger partial charge < -0.3 is 4.84 Å². The van der Waals surface area contributed by atoms with E-state index in [1.165, 1.54) is 31.6 Å². The number of pyridine rings is 1. The van der Waals surface area contributed by atoms with Crippen molar-refractivity contribution in [3.8, 4) is 0 Å². The quantitative estimate of drug-likeness (QED) is 0.493. The Hall–Kier alpha value is -2.82. The molecule has 5 heteroatoms. The van der Waals surface area contributed by atoms with Crippen LogP contribution in [-0.4, -0.2) is 29.4 Å². The Bertz CT molecular complexity index is 767. The molecule has 22 heavy (non-hydrogen) atoms. The summed E-state index contributed by atoms with van der Waals surface area (Å²) in [4.78, 5) is 33.2. The van der Waals surface area contributed by atoms with Crippen molar-refractivity contribution < 1.29 is 14.4 Å². The number of carbonyl (C=O) groups is 2. The van der Waals surface area contributed by atoms with Gasteiger partial charge in [-0.15, -0.1) is 0 Å². The lowest BCUT2D eigenvalue weighted by Gasteiger charge is -2.04. The Morgan fingerprint density at radius 2 is 1.77 bits per heavy atom. The van der Waals surface area contributed by atoms with Crippen LogP contribution in [0.1, 0.15) is 38.3 Å². The van der Waals surface area contributed by atoms with Crippen molar-refractivity contribution in [3.05, 3.63) is 65.0 Å². The Labute approximate surface area is 127 Å². The molecular formula is C17H14N2O3. The highest BCUT2D eigenvalue weighted by Gasteiger charge is 2.23. The highest BCUT2D eigenvalue weighted by atomic mass is 16.6. The van der Waals surface area contributed by atoms with Crippen LogP contribution in [0.3, 0.4) is 0 Å². The van der Waals surface area contributed by atoms with Gasteiger partial charge in [0.1, 0.15) is 7.11 Å². The molecule has 110 valence electrons. The number of hydrogen-bond donors (Lipinski definition) is 0. The zero-order chi connectivity index (χ0) is 15.5. The van der Waals surface area contributed by atoms with Crippen LogP contribution < -0.4 is 0 Å². The lowest BCUT2D eigenvalue weighted by Crippen LogP contribution is -2.15. The summed E-state index contributed by atoms with van der Waals surface area (Å²) >= 11 is 0. The van der Waals surface area contributed by atoms with Gasteiger partial charge in [0.05, 0.1) is 5.71 Å². The summed E-state index contributed by atoms with van der Waals surface area (Å²) < 4.78 is 0. The average Bonchev–Trinajstić information content (AvgIpc) is 2.97. The van der Waals surface area contributed by atoms with E-state index in [-0.39, 0.29) is 0 Å². The Balaban J connectivity index is 1.89. The minimum atomic E-state index is -0.522. The average molecular weight is 294 g/mol. The third-order valence-corrected chi connectivity index (χ3v) is 3.66. The summed E-state index contributed by atoms with van der Waals surface area (Å²) in [7, 11) is 1.51. The van der Waals surface area contributed by atoms with Crippen LogP contribution in [0.15, 0.2) is 47.9 Å². The van der Waals surface area contributed by atoms with Crippen molar-refractivity contribution >= 4 is 17.3 Å². The molecule has 0 spiro atoms. The zero-order valence-corrected chi connectivity index (χ0v) is 12.1. The van der Waals surface area contributed by atoms with Gasteiger partial charge in [-0.3, -0.25) is 14.6 Å². The van der Waals surface area contributed by atoms with Crippen LogP contribution in [-0.2, 0) is 11.3 Å². The van der Waals surface area contributed by atoms with Gasteiger partial charge in [-0.05, 0) is 36.6 Å². The Morgan fingerprint density at radius 3 is 2.50 bits per heavy atom. The molecule has 0 saturated carbocycles. The van der Waals surface area contributed by atoms with E-state index < -0.39 is 11.6 Å². The monoisotopic (exact) mass is 294 g/mol. The van der Waals surface area contributed by atoms with Gasteiger partial charge in [0, 0.05) is 29.1 Å². The van der Waals surface area contributed by atoms with Crippen molar-refractivity contribution in [1.82, 2.24) is 4.98 Å². The summed E-state index contributed by atoms with van der Waals surface area (Å²) in [5, 5.41) is 3.98. The van der Waals surface area contributed by atoms with Gasteiger partial charge in [-0.2, -0.15) is 0 Å². The van der Waals surface area contributed by atoms with Crippen LogP contribution >= 0.6 is 0 Å². The van der Waals surface area contributed by atoms with E-state index in [0.29, 0.717) is 11.1 Å². The van der Waals surface area contributed by atoms with Gasteiger partial charge in [0.15, 0.2) is 0 Å². The van der Waals surface area contributed by atoms with Crippen LogP contribution in [0.2, 0.25) is 0 Å². The van der Waals surface area contributed by atoms with Gasteiger partial charge in [0.25, 0.3) is 0 Å². The van der Waals surface area contributed by atoms with Gasteiger partial charge in [-0.25, -0.2) is 0 Å². The molecule has 1 aliphatic carbocycles. The lowest BCUT2D eigenvalue weighted by molar-refractivity contribution is 0.0817. The number of nitrogens with zero attached hydrogens (tertiary/aromatic N) is 2. The molecule has 0 bridgehead atoms. The van der Waals surface area contributed by atoms with Gasteiger partial charge in [-0.1, -0.05) is 17.3 Å². The first kappa shape index (κ1) is 14.1. The number of Topliss-reactive ketones (excluding diaryl/α,β-unsaturated/α-hetero) is 2. The molecule has 1 aromatic carbocycles. The minimum absolute atomic E-state index is 0.349. The summed E-state index contributed by atoms with van der Waals surface area (Å²) in [6.07, 6.45) is 4.56. The number of aryl methyl sites for hydroxylation is 1. The first-order chi connectivity index (χ1) is 10.7. The normalized spacial score (nSPS) is 14.7. The number of fused-ring (bicyclic) bond motifs is 1. The van der Waals surface area contributed by atoms with E-state index in [9.17, 15) is 9.59 Å². The maximum Gasteiger partial charge on any atom is 0.233 e. The van der Waals surface area contributed by atoms with Crippen molar-refractivity contribution in [2.75, 3.05) is 7.11 Å². The summed E-state index contributed by atoms with van der Waals surface area (Å²) in [6.45, 7) is 0. The van der Waals surface area contributed by atoms with Crippen molar-refractivity contribution in [3.63, 3.8) is 0 Å². The van der Waals surface area contributed by atoms with E-state index in [2.05, 4.69) is 10.1 Å². The molecule has 0 N–H and O–H groups in total. The topological polar surface area (TPSA) is 68.6 Å². The molecule has 0 saturated heterocycles. The number of ketones is 2. The van der Waals surface area contributed by atoms with E-state index >= 15 is 0 Å². The van der Waals surface area contributed by atoms with E-state index in [1.54, 1.807) is 12.1 Å². The predicted octanol–water partition coefficient (Wildman–Crippen LogP) is 2.44. The fraction of sp³-hybridized carbons (Fsp3) is 0.176. The van der Waals surface area contributed by atoms with E-state index in [0.717, 1.165) is 29.7 Å². The van der Waals surface area contributed by atoms with Crippen LogP contribution in [0.5, 0.6) is 0 Å². The van der Waals surface area contributed by atoms with Crippen LogP contribution in [0.4, 0.5) is 0 Å².